The van der Waals surface area contributed by atoms with Crippen molar-refractivity contribution in [3.63, 3.8) is 0 Å². The van der Waals surface area contributed by atoms with Gasteiger partial charge in [-0.1, -0.05) is 30.3 Å². The number of fused-ring (bicyclic) bond motifs is 1. The van der Waals surface area contributed by atoms with Crippen molar-refractivity contribution >= 4 is 28.1 Å². The first-order valence-corrected chi connectivity index (χ1v) is 9.56. The molecule has 0 radical (unpaired) electrons. The van der Waals surface area contributed by atoms with E-state index in [4.69, 9.17) is 4.98 Å². The van der Waals surface area contributed by atoms with Gasteiger partial charge >= 0.3 is 0 Å². The number of carbonyl (C=O) groups is 1. The number of H-pyrrole nitrogens is 1. The van der Waals surface area contributed by atoms with Crippen LogP contribution in [0.1, 0.15) is 10.4 Å². The minimum absolute atomic E-state index is 0.0706. The van der Waals surface area contributed by atoms with Crippen LogP contribution in [0, 0.1) is 0 Å². The summed E-state index contributed by atoms with van der Waals surface area (Å²) in [5, 5.41) is 17.3. The van der Waals surface area contributed by atoms with Gasteiger partial charge in [0.1, 0.15) is 10.7 Å². The van der Waals surface area contributed by atoms with E-state index in [9.17, 15) is 4.79 Å². The number of benzene rings is 2. The molecule has 0 unspecified atom stereocenters. The number of hydrogen-bond acceptors (Lipinski definition) is 5. The van der Waals surface area contributed by atoms with Crippen LogP contribution in [0.15, 0.2) is 53.9 Å². The monoisotopic (exact) mass is 377 g/mol. The van der Waals surface area contributed by atoms with Gasteiger partial charge in [0.25, 0.3) is 5.91 Å². The molecule has 0 bridgehead atoms. The van der Waals surface area contributed by atoms with Crippen LogP contribution in [0.5, 0.6) is 0 Å². The number of thiazole rings is 1. The molecule has 136 valence electrons. The molecule has 4 rings (SSSR count). The van der Waals surface area contributed by atoms with Gasteiger partial charge < -0.3 is 10.6 Å². The van der Waals surface area contributed by atoms with Crippen molar-refractivity contribution in [3.05, 3.63) is 59.5 Å². The molecule has 6 nitrogen and oxygen atoms in total. The summed E-state index contributed by atoms with van der Waals surface area (Å²) in [5.74, 6) is -0.0706. The molecule has 0 atom stereocenters. The van der Waals surface area contributed by atoms with E-state index in [0.717, 1.165) is 39.4 Å². The molecule has 0 saturated heterocycles. The third-order valence-electron chi connectivity index (χ3n) is 4.28. The molecule has 27 heavy (non-hydrogen) atoms. The molecule has 7 heteroatoms. The Balaban J connectivity index is 1.54. The number of nitrogens with one attached hydrogen (secondary N) is 3. The van der Waals surface area contributed by atoms with Gasteiger partial charge in [0.15, 0.2) is 0 Å². The fraction of sp³-hybridized carbons (Fsp3) is 0.150. The predicted octanol–water partition coefficient (Wildman–Crippen LogP) is 3.30. The van der Waals surface area contributed by atoms with Crippen LogP contribution in [0.3, 0.4) is 0 Å². The first-order chi connectivity index (χ1) is 13.3. The number of nitrogens with zero attached hydrogens (tertiary/aromatic N) is 2. The molecule has 4 aromatic rings. The Bertz CT molecular complexity index is 1070. The summed E-state index contributed by atoms with van der Waals surface area (Å²) in [6.45, 7) is 1.34. The minimum Gasteiger partial charge on any atom is -0.351 e. The Kier molecular flexibility index (Phi) is 4.95. The number of aromatic amines is 1. The molecular weight excluding hydrogens is 358 g/mol. The lowest BCUT2D eigenvalue weighted by Gasteiger charge is -2.05. The Hall–Kier alpha value is -3.03. The van der Waals surface area contributed by atoms with Gasteiger partial charge in [-0.05, 0) is 25.2 Å². The summed E-state index contributed by atoms with van der Waals surface area (Å²) < 4.78 is 0. The van der Waals surface area contributed by atoms with Crippen LogP contribution in [-0.2, 0) is 0 Å². The maximum Gasteiger partial charge on any atom is 0.251 e. The second kappa shape index (κ2) is 7.69. The lowest BCUT2D eigenvalue weighted by molar-refractivity contribution is 0.0954. The van der Waals surface area contributed by atoms with Crippen LogP contribution in [0.4, 0.5) is 0 Å². The van der Waals surface area contributed by atoms with Gasteiger partial charge in [-0.15, -0.1) is 11.3 Å². The number of para-hydroxylation sites is 1. The highest BCUT2D eigenvalue weighted by atomic mass is 32.1. The van der Waals surface area contributed by atoms with Crippen molar-refractivity contribution in [2.45, 2.75) is 0 Å². The molecule has 0 aliphatic rings. The zero-order valence-corrected chi connectivity index (χ0v) is 15.6. The van der Waals surface area contributed by atoms with E-state index in [1.807, 2.05) is 61.0 Å². The number of rotatable bonds is 6. The van der Waals surface area contributed by atoms with Gasteiger partial charge in [0.05, 0.1) is 11.2 Å². The summed E-state index contributed by atoms with van der Waals surface area (Å²) in [7, 11) is 1.86. The third kappa shape index (κ3) is 3.60. The number of likely N-dealkylation sites (N-methyl/N-ethyl adjacent to an activating group) is 1. The normalized spacial score (nSPS) is 11.0. The van der Waals surface area contributed by atoms with Crippen molar-refractivity contribution < 1.29 is 4.79 Å². The van der Waals surface area contributed by atoms with Crippen LogP contribution < -0.4 is 10.6 Å². The van der Waals surface area contributed by atoms with E-state index in [1.165, 1.54) is 0 Å². The number of aromatic nitrogens is 3. The highest BCUT2D eigenvalue weighted by molar-refractivity contribution is 7.13. The van der Waals surface area contributed by atoms with Crippen molar-refractivity contribution in [2.75, 3.05) is 20.1 Å². The Morgan fingerprint density at radius 3 is 2.74 bits per heavy atom. The first-order valence-electron chi connectivity index (χ1n) is 8.68. The van der Waals surface area contributed by atoms with Gasteiger partial charge in [-0.3, -0.25) is 9.89 Å². The van der Waals surface area contributed by atoms with E-state index in [-0.39, 0.29) is 5.91 Å². The molecule has 3 N–H and O–H groups in total. The average molecular weight is 377 g/mol. The molecule has 2 aromatic carbocycles. The minimum atomic E-state index is -0.0706. The standard InChI is InChI=1S/C20H19N5OS/c1-21-10-11-22-19(26)14-8-6-13(7-9-14)17-12-27-20(23-17)18-15-4-2-3-5-16(15)24-25-18/h2-9,12,21H,10-11H2,1H3,(H,22,26)(H,24,25). The summed E-state index contributed by atoms with van der Waals surface area (Å²) in [5.41, 5.74) is 4.36. The number of amides is 1. The van der Waals surface area contributed by atoms with Crippen LogP contribution in [-0.4, -0.2) is 41.2 Å². The fourth-order valence-corrected chi connectivity index (χ4v) is 3.67. The lowest BCUT2D eigenvalue weighted by atomic mass is 10.1. The zero-order valence-electron chi connectivity index (χ0n) is 14.8. The van der Waals surface area contributed by atoms with E-state index in [2.05, 4.69) is 20.8 Å². The zero-order chi connectivity index (χ0) is 18.6. The molecule has 0 saturated carbocycles. The number of carbonyl (C=O) groups excluding carboxylic acids is 1. The summed E-state index contributed by atoms with van der Waals surface area (Å²) in [4.78, 5) is 16.8. The molecule has 0 fully saturated rings. The van der Waals surface area contributed by atoms with Crippen LogP contribution in [0.2, 0.25) is 0 Å². The molecule has 0 spiro atoms. The molecular formula is C20H19N5OS. The Morgan fingerprint density at radius 2 is 1.93 bits per heavy atom. The third-order valence-corrected chi connectivity index (χ3v) is 5.13. The molecule has 0 aliphatic carbocycles. The summed E-state index contributed by atoms with van der Waals surface area (Å²) in [6, 6.07) is 15.5. The SMILES string of the molecule is CNCCNC(=O)c1ccc(-c2csc(-c3n[nH]c4ccccc34)n2)cc1. The topological polar surface area (TPSA) is 82.7 Å². The number of hydrogen-bond donors (Lipinski definition) is 3. The van der Waals surface area contributed by atoms with Gasteiger partial charge in [-0.2, -0.15) is 5.10 Å². The molecule has 2 heterocycles. The second-order valence-corrected chi connectivity index (χ2v) is 6.95. The average Bonchev–Trinajstić information content (AvgIpc) is 3.35. The first kappa shape index (κ1) is 17.4. The van der Waals surface area contributed by atoms with Crippen molar-refractivity contribution in [3.8, 4) is 22.0 Å². The smallest absolute Gasteiger partial charge is 0.251 e. The lowest BCUT2D eigenvalue weighted by Crippen LogP contribution is -2.30. The summed E-state index contributed by atoms with van der Waals surface area (Å²) >= 11 is 1.56. The van der Waals surface area contributed by atoms with Crippen molar-refractivity contribution in [1.29, 1.82) is 0 Å². The highest BCUT2D eigenvalue weighted by Gasteiger charge is 2.13. The van der Waals surface area contributed by atoms with Crippen molar-refractivity contribution in [2.24, 2.45) is 0 Å². The molecule has 0 aliphatic heterocycles. The van der Waals surface area contributed by atoms with E-state index < -0.39 is 0 Å². The molecule has 2 aromatic heterocycles. The second-order valence-electron chi connectivity index (χ2n) is 6.09. The van der Waals surface area contributed by atoms with Gasteiger partial charge in [0, 0.05) is 35.0 Å². The maximum atomic E-state index is 12.1. The predicted molar refractivity (Wildman–Crippen MR) is 109 cm³/mol. The molecule has 1 amide bonds. The van der Waals surface area contributed by atoms with Crippen molar-refractivity contribution in [1.82, 2.24) is 25.8 Å². The van der Waals surface area contributed by atoms with E-state index >= 15 is 0 Å². The van der Waals surface area contributed by atoms with Gasteiger partial charge in [0.2, 0.25) is 0 Å². The fourth-order valence-electron chi connectivity index (χ4n) is 2.84. The highest BCUT2D eigenvalue weighted by Crippen LogP contribution is 2.31. The quantitative estimate of drug-likeness (QED) is 0.450. The van der Waals surface area contributed by atoms with Crippen LogP contribution >= 0.6 is 11.3 Å². The maximum absolute atomic E-state index is 12.1. The van der Waals surface area contributed by atoms with E-state index in [1.54, 1.807) is 11.3 Å². The Labute approximate surface area is 160 Å². The summed E-state index contributed by atoms with van der Waals surface area (Å²) in [6.07, 6.45) is 0. The largest absolute Gasteiger partial charge is 0.351 e. The van der Waals surface area contributed by atoms with Crippen LogP contribution in [0.25, 0.3) is 32.9 Å². The van der Waals surface area contributed by atoms with E-state index in [0.29, 0.717) is 12.1 Å². The Morgan fingerprint density at radius 1 is 1.11 bits per heavy atom. The van der Waals surface area contributed by atoms with Gasteiger partial charge in [-0.25, -0.2) is 4.98 Å².